The van der Waals surface area contributed by atoms with E-state index in [1.165, 1.54) is 18.7 Å². The first-order valence-corrected chi connectivity index (χ1v) is 12.9. The number of esters is 1. The van der Waals surface area contributed by atoms with Gasteiger partial charge in [0.05, 0.1) is 0 Å². The highest BCUT2D eigenvalue weighted by atomic mass is 32.2. The van der Waals surface area contributed by atoms with Gasteiger partial charge in [0.15, 0.2) is 6.10 Å². The van der Waals surface area contributed by atoms with Crippen molar-refractivity contribution in [3.05, 3.63) is 76.8 Å². The average Bonchev–Trinajstić information content (AvgIpc) is 3.35. The minimum Gasteiger partial charge on any atom is -0.452 e. The van der Waals surface area contributed by atoms with Crippen molar-refractivity contribution < 1.29 is 19.1 Å². The molecule has 3 heterocycles. The van der Waals surface area contributed by atoms with Crippen LogP contribution in [0.2, 0.25) is 0 Å². The quantitative estimate of drug-likeness (QED) is 0.383. The Bertz CT molecular complexity index is 1220. The van der Waals surface area contributed by atoms with Gasteiger partial charge in [0.2, 0.25) is 16.9 Å². The van der Waals surface area contributed by atoms with Gasteiger partial charge in [-0.3, -0.25) is 14.4 Å². The molecule has 1 aromatic heterocycles. The van der Waals surface area contributed by atoms with E-state index in [2.05, 4.69) is 15.5 Å². The van der Waals surface area contributed by atoms with E-state index in [-0.39, 0.29) is 28.9 Å². The fourth-order valence-corrected chi connectivity index (χ4v) is 6.77. The number of ether oxygens (including phenoxy) is 1. The Morgan fingerprint density at radius 1 is 1.11 bits per heavy atom. The number of rotatable bonds is 6. The van der Waals surface area contributed by atoms with Gasteiger partial charge < -0.3 is 20.7 Å². The maximum atomic E-state index is 14.0. The summed E-state index contributed by atoms with van der Waals surface area (Å²) in [5, 5.41) is 11.4. The number of carbonyl (C=O) groups is 3. The number of amides is 2. The topological polar surface area (TPSA) is 128 Å². The van der Waals surface area contributed by atoms with Crippen molar-refractivity contribution in [3.8, 4) is 0 Å². The highest BCUT2D eigenvalue weighted by Gasteiger charge is 2.58. The number of thioether (sulfide) groups is 1. The summed E-state index contributed by atoms with van der Waals surface area (Å²) < 4.78 is 6.21. The Hall–Kier alpha value is -3.28. The number of fused-ring (bicyclic) bond motifs is 1. The predicted octanol–water partition coefficient (Wildman–Crippen LogP) is 2.31. The highest BCUT2D eigenvalue weighted by Crippen LogP contribution is 2.45. The van der Waals surface area contributed by atoms with Gasteiger partial charge in [-0.25, -0.2) is 0 Å². The number of hydrogen-bond donors (Lipinski definition) is 2. The SMILES string of the molecule is CC(=O)Nc1nnc(C2(C(=O)OC(c3ccccc3)c3ccccc3)CS[C@@H]3C(N)C(=O)N3C2)s1. The molecule has 3 N–H and O–H groups in total. The molecule has 180 valence electrons. The van der Waals surface area contributed by atoms with Crippen molar-refractivity contribution >= 4 is 46.0 Å². The molecule has 2 aliphatic rings. The summed E-state index contributed by atoms with van der Waals surface area (Å²) in [6.07, 6.45) is -0.651. The standard InChI is InChI=1S/C24H23N5O4S2/c1-14(30)26-23-28-27-21(35-23)24(12-29-19(31)17(25)20(29)34-13-24)22(32)33-18(15-8-4-2-5-9-15)16-10-6-3-7-11-16/h2-11,17-18,20H,12-13,25H2,1H3,(H,26,28,30)/t17?,20-,24?/m1/s1. The molecule has 2 unspecified atom stereocenters. The number of nitrogens with zero attached hydrogens (tertiary/aromatic N) is 3. The minimum absolute atomic E-state index is 0.0844. The maximum absolute atomic E-state index is 14.0. The number of nitrogens with two attached hydrogens (primary N) is 1. The summed E-state index contributed by atoms with van der Waals surface area (Å²) in [6, 6.07) is 18.4. The van der Waals surface area contributed by atoms with Crippen LogP contribution in [0.15, 0.2) is 60.7 Å². The van der Waals surface area contributed by atoms with Crippen LogP contribution in [0.3, 0.4) is 0 Å². The van der Waals surface area contributed by atoms with Gasteiger partial charge in [-0.05, 0) is 11.1 Å². The van der Waals surface area contributed by atoms with Crippen LogP contribution in [0.5, 0.6) is 0 Å². The van der Waals surface area contributed by atoms with E-state index < -0.39 is 23.5 Å². The third-order valence-electron chi connectivity index (χ3n) is 6.06. The van der Waals surface area contributed by atoms with Crippen LogP contribution in [0.25, 0.3) is 0 Å². The van der Waals surface area contributed by atoms with Crippen LogP contribution in [-0.2, 0) is 24.5 Å². The van der Waals surface area contributed by atoms with Crippen LogP contribution in [0.4, 0.5) is 5.13 Å². The van der Waals surface area contributed by atoms with E-state index in [9.17, 15) is 14.4 Å². The molecule has 0 aliphatic carbocycles. The predicted molar refractivity (Wildman–Crippen MR) is 133 cm³/mol. The van der Waals surface area contributed by atoms with Gasteiger partial charge in [0.25, 0.3) is 0 Å². The molecule has 11 heteroatoms. The summed E-state index contributed by atoms with van der Waals surface area (Å²) in [7, 11) is 0. The van der Waals surface area contributed by atoms with Gasteiger partial charge in [0, 0.05) is 19.2 Å². The number of aromatic nitrogens is 2. The fourth-order valence-electron chi connectivity index (χ4n) is 4.24. The average molecular weight is 510 g/mol. The molecule has 2 aromatic carbocycles. The fraction of sp³-hybridized carbons (Fsp3) is 0.292. The molecule has 2 saturated heterocycles. The van der Waals surface area contributed by atoms with Crippen LogP contribution >= 0.6 is 23.1 Å². The van der Waals surface area contributed by atoms with Gasteiger partial charge >= 0.3 is 5.97 Å². The Labute approximate surface area is 210 Å². The third-order valence-corrected chi connectivity index (χ3v) is 8.65. The zero-order valence-electron chi connectivity index (χ0n) is 18.8. The molecule has 35 heavy (non-hydrogen) atoms. The molecule has 2 fully saturated rings. The zero-order chi connectivity index (χ0) is 24.6. The first-order chi connectivity index (χ1) is 16.9. The second-order valence-electron chi connectivity index (χ2n) is 8.48. The number of β-lactam (4-membered cyclic amide) rings is 1. The Morgan fingerprint density at radius 3 is 2.34 bits per heavy atom. The van der Waals surface area contributed by atoms with Gasteiger partial charge in [-0.2, -0.15) is 0 Å². The lowest BCUT2D eigenvalue weighted by molar-refractivity contribution is -0.159. The second kappa shape index (κ2) is 9.40. The van der Waals surface area contributed by atoms with Crippen molar-refractivity contribution in [3.63, 3.8) is 0 Å². The number of nitrogens with one attached hydrogen (secondary N) is 1. The van der Waals surface area contributed by atoms with Crippen LogP contribution in [0, 0.1) is 0 Å². The Balaban J connectivity index is 1.52. The van der Waals surface area contributed by atoms with Crippen LogP contribution < -0.4 is 11.1 Å². The molecule has 3 aromatic rings. The lowest BCUT2D eigenvalue weighted by Gasteiger charge is -2.52. The summed E-state index contributed by atoms with van der Waals surface area (Å²) in [6.45, 7) is 1.46. The van der Waals surface area contributed by atoms with E-state index in [1.807, 2.05) is 60.7 Å². The first-order valence-electron chi connectivity index (χ1n) is 11.0. The van der Waals surface area contributed by atoms with Crippen molar-refractivity contribution in [1.29, 1.82) is 0 Å². The van der Waals surface area contributed by atoms with Crippen molar-refractivity contribution in [1.82, 2.24) is 15.1 Å². The first kappa shape index (κ1) is 23.5. The van der Waals surface area contributed by atoms with Crippen molar-refractivity contribution in [2.75, 3.05) is 17.6 Å². The van der Waals surface area contributed by atoms with Crippen LogP contribution in [0.1, 0.15) is 29.2 Å². The smallest absolute Gasteiger partial charge is 0.322 e. The normalized spacial score (nSPS) is 23.4. The van der Waals surface area contributed by atoms with E-state index in [0.29, 0.717) is 10.8 Å². The summed E-state index contributed by atoms with van der Waals surface area (Å²) in [5.41, 5.74) is 6.36. The van der Waals surface area contributed by atoms with Gasteiger partial charge in [-0.15, -0.1) is 22.0 Å². The monoisotopic (exact) mass is 509 g/mol. The maximum Gasteiger partial charge on any atom is 0.322 e. The molecule has 9 nitrogen and oxygen atoms in total. The lowest BCUT2D eigenvalue weighted by atomic mass is 9.87. The van der Waals surface area contributed by atoms with Gasteiger partial charge in [0.1, 0.15) is 21.8 Å². The Kier molecular flexibility index (Phi) is 6.30. The summed E-state index contributed by atoms with van der Waals surface area (Å²) >= 11 is 2.53. The second-order valence-corrected chi connectivity index (χ2v) is 10.6. The van der Waals surface area contributed by atoms with E-state index in [0.717, 1.165) is 22.5 Å². The molecule has 0 spiro atoms. The number of anilines is 1. The molecule has 3 atom stereocenters. The van der Waals surface area contributed by atoms with E-state index >= 15 is 0 Å². The molecule has 5 rings (SSSR count). The minimum atomic E-state index is -1.26. The molecular weight excluding hydrogens is 486 g/mol. The summed E-state index contributed by atoms with van der Waals surface area (Å²) in [5.74, 6) is -0.702. The van der Waals surface area contributed by atoms with Crippen LogP contribution in [-0.4, -0.2) is 56.6 Å². The molecule has 2 amide bonds. The molecule has 0 radical (unpaired) electrons. The number of hydrogen-bond acceptors (Lipinski definition) is 9. The zero-order valence-corrected chi connectivity index (χ0v) is 20.4. The number of carbonyl (C=O) groups excluding carboxylic acids is 3. The third kappa shape index (κ3) is 4.30. The van der Waals surface area contributed by atoms with Crippen molar-refractivity contribution in [2.24, 2.45) is 5.73 Å². The molecule has 0 bridgehead atoms. The van der Waals surface area contributed by atoms with Crippen molar-refractivity contribution in [2.45, 2.75) is 29.9 Å². The van der Waals surface area contributed by atoms with Gasteiger partial charge in [-0.1, -0.05) is 72.0 Å². The van der Waals surface area contributed by atoms with E-state index in [1.54, 1.807) is 4.90 Å². The lowest BCUT2D eigenvalue weighted by Crippen LogP contribution is -2.73. The number of benzene rings is 2. The molecular formula is C24H23N5O4S2. The largest absolute Gasteiger partial charge is 0.452 e. The molecule has 0 saturated carbocycles. The summed E-state index contributed by atoms with van der Waals surface area (Å²) in [4.78, 5) is 39.6. The highest BCUT2D eigenvalue weighted by molar-refractivity contribution is 8.00. The molecule has 2 aliphatic heterocycles. The Morgan fingerprint density at radius 2 is 1.74 bits per heavy atom. The van der Waals surface area contributed by atoms with E-state index in [4.69, 9.17) is 10.5 Å².